The molecule has 0 bridgehead atoms. The number of hydrogen-bond acceptors (Lipinski definition) is 6. The lowest BCUT2D eigenvalue weighted by Crippen LogP contribution is -2.67. The van der Waals surface area contributed by atoms with Gasteiger partial charge >= 0.3 is 0 Å². The van der Waals surface area contributed by atoms with Gasteiger partial charge in [-0.15, -0.1) is 0 Å². The predicted octanol–water partition coefficient (Wildman–Crippen LogP) is 9.00. The summed E-state index contributed by atoms with van der Waals surface area (Å²) in [5.74, 6) is 7.00. The molecule has 0 fully saturated rings. The van der Waals surface area contributed by atoms with Gasteiger partial charge in [0.15, 0.2) is 16.6 Å². The predicted molar refractivity (Wildman–Crippen MR) is 223 cm³/mol. The zero-order valence-electron chi connectivity index (χ0n) is 33.7. The maximum Gasteiger partial charge on any atom is 0.261 e. The molecule has 0 heterocycles. The van der Waals surface area contributed by atoms with Crippen LogP contribution >= 0.6 is 0 Å². The minimum absolute atomic E-state index is 0.0465. The number of ether oxygens (including phenoxy) is 2. The second-order valence-electron chi connectivity index (χ2n) is 16.8. The topological polar surface area (TPSA) is 63.2 Å². The van der Waals surface area contributed by atoms with E-state index in [1.807, 2.05) is 24.3 Å². The fourth-order valence-electron chi connectivity index (χ4n) is 6.46. The lowest BCUT2D eigenvalue weighted by Gasteiger charge is -2.44. The Kier molecular flexibility index (Phi) is 16.8. The van der Waals surface area contributed by atoms with Gasteiger partial charge in [0, 0.05) is 18.8 Å². The summed E-state index contributed by atoms with van der Waals surface area (Å²) in [5, 5.41) is 2.38. The summed E-state index contributed by atoms with van der Waals surface area (Å²) in [6.07, 6.45) is 2.10. The lowest BCUT2D eigenvalue weighted by atomic mass is 10.0. The third-order valence-corrected chi connectivity index (χ3v) is 15.9. The van der Waals surface area contributed by atoms with Crippen LogP contribution in [-0.2, 0) is 29.4 Å². The first-order valence-electron chi connectivity index (χ1n) is 18.8. The summed E-state index contributed by atoms with van der Waals surface area (Å²) in [6, 6.07) is 29.3. The molecule has 6 nitrogen and oxygen atoms in total. The van der Waals surface area contributed by atoms with Gasteiger partial charge in [0.05, 0.1) is 39.1 Å². The molecule has 0 aliphatic carbocycles. The fourth-order valence-corrected chi connectivity index (χ4v) is 13.5. The first-order valence-corrected chi connectivity index (χ1v) is 27.5. The Hall–Kier alpha value is -2.82. The summed E-state index contributed by atoms with van der Waals surface area (Å²) in [5.41, 5.74) is 1.09. The molecule has 3 aromatic carbocycles. The molecule has 3 atom stereocenters. The first-order chi connectivity index (χ1) is 24.4. The van der Waals surface area contributed by atoms with Crippen LogP contribution in [0.15, 0.2) is 84.9 Å². The molecule has 52 heavy (non-hydrogen) atoms. The highest BCUT2D eigenvalue weighted by Gasteiger charge is 2.50. The van der Waals surface area contributed by atoms with Crippen LogP contribution in [0.2, 0.25) is 44.3 Å². The largest absolute Gasteiger partial charge is 0.497 e. The van der Waals surface area contributed by atoms with E-state index in [-0.39, 0.29) is 28.9 Å². The molecule has 0 aliphatic rings. The van der Waals surface area contributed by atoms with E-state index >= 15 is 0 Å². The van der Waals surface area contributed by atoms with Gasteiger partial charge < -0.3 is 22.8 Å². The number of carbonyl (C=O) groups excluding carboxylic acids is 1. The van der Waals surface area contributed by atoms with E-state index in [2.05, 4.69) is 139 Å². The van der Waals surface area contributed by atoms with E-state index in [0.29, 0.717) is 39.1 Å². The highest BCUT2D eigenvalue weighted by molar-refractivity contribution is 6.99. The molecule has 0 spiro atoms. The summed E-state index contributed by atoms with van der Waals surface area (Å²) < 4.78 is 31.8. The standard InChI is InChI=1S/C43H64O6Si3/c1-35(32-46-33-36-28-30-38(45-5)31-29-36)42(49-51(9,10)11)27-19-21-37(44)20-18-22-39(48-50(6,7)8)34-47-52(43(2,3)4,40-23-14-12-15-24-40)41-25-16-13-17-26-41/h12-17,23-26,28-31,35,39,42H,18,20,22,27,32-34H2,1-11H3/t35-,39+,42+/m1/s1. The highest BCUT2D eigenvalue weighted by atomic mass is 28.4. The normalized spacial score (nSPS) is 14.2. The van der Waals surface area contributed by atoms with Crippen molar-refractivity contribution in [3.05, 3.63) is 90.5 Å². The number of benzene rings is 3. The molecule has 3 aromatic rings. The van der Waals surface area contributed by atoms with Crippen molar-refractivity contribution < 1.29 is 27.5 Å². The molecule has 0 N–H and O–H groups in total. The Morgan fingerprint density at radius 2 is 1.33 bits per heavy atom. The molecule has 0 saturated carbocycles. The van der Waals surface area contributed by atoms with Crippen molar-refractivity contribution >= 4 is 41.1 Å². The third-order valence-electron chi connectivity index (χ3n) is 8.83. The Bertz CT molecular complexity index is 1510. The zero-order valence-corrected chi connectivity index (χ0v) is 36.7. The van der Waals surface area contributed by atoms with Crippen molar-refractivity contribution in [3.63, 3.8) is 0 Å². The molecule has 9 heteroatoms. The summed E-state index contributed by atoms with van der Waals surface area (Å²) in [6.45, 7) is 23.7. The number of methoxy groups -OCH3 is 1. The van der Waals surface area contributed by atoms with Gasteiger partial charge in [-0.2, -0.15) is 0 Å². The molecule has 0 amide bonds. The maximum absolute atomic E-state index is 13.0. The van der Waals surface area contributed by atoms with E-state index in [4.69, 9.17) is 22.8 Å². The lowest BCUT2D eigenvalue weighted by molar-refractivity contribution is -0.114. The van der Waals surface area contributed by atoms with Crippen molar-refractivity contribution in [2.45, 2.75) is 117 Å². The zero-order chi connectivity index (χ0) is 38.4. The van der Waals surface area contributed by atoms with Crippen LogP contribution in [0.3, 0.4) is 0 Å². The molecule has 284 valence electrons. The minimum atomic E-state index is -2.71. The molecule has 0 aromatic heterocycles. The first kappa shape index (κ1) is 43.6. The van der Waals surface area contributed by atoms with Crippen molar-refractivity contribution in [3.8, 4) is 17.6 Å². The quantitative estimate of drug-likeness (QED) is 0.0651. The van der Waals surface area contributed by atoms with Crippen LogP contribution in [0.5, 0.6) is 5.75 Å². The van der Waals surface area contributed by atoms with E-state index < -0.39 is 25.0 Å². The minimum Gasteiger partial charge on any atom is -0.497 e. The Morgan fingerprint density at radius 1 is 0.769 bits per heavy atom. The monoisotopic (exact) mass is 760 g/mol. The molecule has 3 rings (SSSR count). The van der Waals surface area contributed by atoms with Gasteiger partial charge in [0.1, 0.15) is 5.75 Å². The van der Waals surface area contributed by atoms with Gasteiger partial charge in [0.2, 0.25) is 5.78 Å². The van der Waals surface area contributed by atoms with Crippen molar-refractivity contribution in [2.24, 2.45) is 5.92 Å². The number of rotatable bonds is 20. The fraction of sp³-hybridized carbons (Fsp3) is 0.512. The molecular formula is C43H64O6Si3. The number of ketones is 1. The summed E-state index contributed by atoms with van der Waals surface area (Å²) in [7, 11) is -4.79. The second kappa shape index (κ2) is 20.0. The average molecular weight is 761 g/mol. The third kappa shape index (κ3) is 14.2. The van der Waals surface area contributed by atoms with Crippen molar-refractivity contribution in [1.29, 1.82) is 0 Å². The van der Waals surface area contributed by atoms with Crippen LogP contribution in [0, 0.1) is 17.8 Å². The summed E-state index contributed by atoms with van der Waals surface area (Å²) in [4.78, 5) is 13.0. The molecule has 0 saturated heterocycles. The Labute approximate surface area is 318 Å². The number of carbonyl (C=O) groups is 1. The van der Waals surface area contributed by atoms with E-state index in [1.165, 1.54) is 10.4 Å². The number of Topliss-reactive ketones (excluding diaryl/α,β-unsaturated/α-hetero) is 1. The van der Waals surface area contributed by atoms with Crippen LogP contribution in [0.1, 0.15) is 58.9 Å². The van der Waals surface area contributed by atoms with Crippen molar-refractivity contribution in [2.75, 3.05) is 20.3 Å². The van der Waals surface area contributed by atoms with Crippen LogP contribution in [-0.4, -0.2) is 63.3 Å². The van der Waals surface area contributed by atoms with Gasteiger partial charge in [0.25, 0.3) is 8.32 Å². The molecule has 0 aliphatic heterocycles. The average Bonchev–Trinajstić information content (AvgIpc) is 3.07. The maximum atomic E-state index is 13.0. The van der Waals surface area contributed by atoms with Gasteiger partial charge in [-0.3, -0.25) is 4.79 Å². The smallest absolute Gasteiger partial charge is 0.261 e. The van der Waals surface area contributed by atoms with E-state index in [1.54, 1.807) is 7.11 Å². The molecular weight excluding hydrogens is 697 g/mol. The van der Waals surface area contributed by atoms with Crippen LogP contribution in [0.25, 0.3) is 0 Å². The van der Waals surface area contributed by atoms with Crippen molar-refractivity contribution in [1.82, 2.24) is 0 Å². The molecule has 0 unspecified atom stereocenters. The Morgan fingerprint density at radius 3 is 1.83 bits per heavy atom. The van der Waals surface area contributed by atoms with Crippen LogP contribution in [0.4, 0.5) is 0 Å². The number of hydrogen-bond donors (Lipinski definition) is 0. The van der Waals surface area contributed by atoms with E-state index in [9.17, 15) is 4.79 Å². The second-order valence-corrected chi connectivity index (χ2v) is 30.0. The molecule has 0 radical (unpaired) electrons. The Balaban J connectivity index is 1.64. The van der Waals surface area contributed by atoms with Gasteiger partial charge in [-0.25, -0.2) is 0 Å². The van der Waals surface area contributed by atoms with E-state index in [0.717, 1.165) is 17.7 Å². The van der Waals surface area contributed by atoms with Gasteiger partial charge in [-0.05, 0) is 91.2 Å². The highest BCUT2D eigenvalue weighted by Crippen LogP contribution is 2.37. The summed E-state index contributed by atoms with van der Waals surface area (Å²) >= 11 is 0. The SMILES string of the molecule is COc1ccc(COC[C@@H](C)[C@H](CC#CC(=O)CCC[C@@H](CO[Si](c2ccccc2)(c2ccccc2)C(C)(C)C)O[Si](C)(C)C)O[Si](C)(C)C)cc1. The van der Waals surface area contributed by atoms with Crippen LogP contribution < -0.4 is 15.1 Å². The van der Waals surface area contributed by atoms with Gasteiger partial charge in [-0.1, -0.05) is 106 Å².